The third-order valence-corrected chi connectivity index (χ3v) is 5.13. The molecular weight excluding hydrogens is 246 g/mol. The zero-order valence-electron chi connectivity index (χ0n) is 11.7. The number of hydrogen-bond acceptors (Lipinski definition) is 4. The van der Waals surface area contributed by atoms with Crippen LogP contribution in [0.5, 0.6) is 0 Å². The molecule has 18 heavy (non-hydrogen) atoms. The molecule has 0 radical (unpaired) electrons. The highest BCUT2D eigenvalue weighted by atomic mass is 32.2. The van der Waals surface area contributed by atoms with Crippen molar-refractivity contribution < 1.29 is 9.47 Å². The summed E-state index contributed by atoms with van der Waals surface area (Å²) in [5.74, 6) is 2.42. The highest BCUT2D eigenvalue weighted by Gasteiger charge is 2.39. The minimum atomic E-state index is 0.117. The molecule has 106 valence electrons. The maximum absolute atomic E-state index is 6.07. The van der Waals surface area contributed by atoms with Gasteiger partial charge in [-0.1, -0.05) is 6.92 Å². The van der Waals surface area contributed by atoms with Gasteiger partial charge in [0.25, 0.3) is 0 Å². The van der Waals surface area contributed by atoms with Crippen LogP contribution in [0.25, 0.3) is 0 Å². The summed E-state index contributed by atoms with van der Waals surface area (Å²) in [6, 6.07) is 1.24. The van der Waals surface area contributed by atoms with Crippen molar-refractivity contribution in [3.8, 4) is 0 Å². The van der Waals surface area contributed by atoms with E-state index in [1.807, 2.05) is 11.8 Å². The highest BCUT2D eigenvalue weighted by Crippen LogP contribution is 2.34. The Hall–Kier alpha value is 0.230. The first-order valence-corrected chi connectivity index (χ1v) is 8.45. The molecule has 2 unspecified atom stereocenters. The van der Waals surface area contributed by atoms with Crippen LogP contribution < -0.4 is 5.32 Å². The average Bonchev–Trinajstić information content (AvgIpc) is 2.37. The Balaban J connectivity index is 1.79. The summed E-state index contributed by atoms with van der Waals surface area (Å²) in [6.07, 6.45) is 4.47. The van der Waals surface area contributed by atoms with Crippen LogP contribution in [0.4, 0.5) is 0 Å². The molecule has 0 saturated carbocycles. The Kier molecular flexibility index (Phi) is 5.80. The van der Waals surface area contributed by atoms with Crippen LogP contribution in [0, 0.1) is 0 Å². The van der Waals surface area contributed by atoms with Crippen molar-refractivity contribution in [3.05, 3.63) is 0 Å². The zero-order chi connectivity index (χ0) is 12.8. The van der Waals surface area contributed by atoms with Crippen LogP contribution in [0.1, 0.15) is 39.5 Å². The summed E-state index contributed by atoms with van der Waals surface area (Å²) < 4.78 is 11.5. The van der Waals surface area contributed by atoms with E-state index >= 15 is 0 Å². The van der Waals surface area contributed by atoms with E-state index in [1.165, 1.54) is 11.5 Å². The van der Waals surface area contributed by atoms with Gasteiger partial charge in [0.15, 0.2) is 0 Å². The Bertz CT molecular complexity index is 238. The smallest absolute Gasteiger partial charge is 0.0741 e. The first kappa shape index (κ1) is 14.6. The van der Waals surface area contributed by atoms with Crippen molar-refractivity contribution in [2.45, 2.75) is 57.2 Å². The van der Waals surface area contributed by atoms with Crippen molar-refractivity contribution in [1.82, 2.24) is 5.32 Å². The molecule has 2 heterocycles. The van der Waals surface area contributed by atoms with Gasteiger partial charge in [-0.15, -0.1) is 0 Å². The largest absolute Gasteiger partial charge is 0.381 e. The fraction of sp³-hybridized carbons (Fsp3) is 1.00. The molecule has 0 aromatic heterocycles. The first-order valence-electron chi connectivity index (χ1n) is 7.29. The molecule has 0 bridgehead atoms. The van der Waals surface area contributed by atoms with E-state index in [0.717, 1.165) is 45.5 Å². The van der Waals surface area contributed by atoms with Gasteiger partial charge in [-0.2, -0.15) is 11.8 Å². The highest BCUT2D eigenvalue weighted by molar-refractivity contribution is 7.99. The van der Waals surface area contributed by atoms with E-state index in [-0.39, 0.29) is 5.60 Å². The number of ether oxygens (including phenoxy) is 2. The second-order valence-corrected chi connectivity index (χ2v) is 6.88. The Morgan fingerprint density at radius 2 is 2.11 bits per heavy atom. The van der Waals surface area contributed by atoms with E-state index in [2.05, 4.69) is 19.2 Å². The molecule has 2 aliphatic heterocycles. The minimum Gasteiger partial charge on any atom is -0.381 e. The topological polar surface area (TPSA) is 30.5 Å². The van der Waals surface area contributed by atoms with E-state index < -0.39 is 0 Å². The molecule has 4 heteroatoms. The zero-order valence-corrected chi connectivity index (χ0v) is 12.6. The van der Waals surface area contributed by atoms with Crippen molar-refractivity contribution in [3.63, 3.8) is 0 Å². The normalized spacial score (nSPS) is 29.3. The molecule has 0 amide bonds. The summed E-state index contributed by atoms with van der Waals surface area (Å²) in [5, 5.41) is 3.78. The molecular formula is C14H27NO2S. The quantitative estimate of drug-likeness (QED) is 0.833. The lowest BCUT2D eigenvalue weighted by atomic mass is 9.84. The van der Waals surface area contributed by atoms with Gasteiger partial charge < -0.3 is 14.8 Å². The standard InChI is InChI=1S/C14H27NO2S/c1-3-18-11-12(2)15-13-4-7-17-14(10-13)5-8-16-9-6-14/h12-13,15H,3-11H2,1-2H3. The van der Waals surface area contributed by atoms with Crippen LogP contribution in [0.15, 0.2) is 0 Å². The molecule has 2 atom stereocenters. The van der Waals surface area contributed by atoms with Gasteiger partial charge in [0, 0.05) is 37.7 Å². The van der Waals surface area contributed by atoms with E-state index in [1.54, 1.807) is 0 Å². The second-order valence-electron chi connectivity index (χ2n) is 5.56. The van der Waals surface area contributed by atoms with Crippen LogP contribution in [0.3, 0.4) is 0 Å². The summed E-state index contributed by atoms with van der Waals surface area (Å²) >= 11 is 2.02. The lowest BCUT2D eigenvalue weighted by Crippen LogP contribution is -2.51. The van der Waals surface area contributed by atoms with Crippen molar-refractivity contribution in [2.75, 3.05) is 31.3 Å². The number of rotatable bonds is 5. The van der Waals surface area contributed by atoms with Crippen LogP contribution >= 0.6 is 11.8 Å². The van der Waals surface area contributed by atoms with E-state index in [9.17, 15) is 0 Å². The predicted octanol–water partition coefficient (Wildman–Crippen LogP) is 2.45. The maximum atomic E-state index is 6.07. The van der Waals surface area contributed by atoms with Gasteiger partial charge in [0.2, 0.25) is 0 Å². The Morgan fingerprint density at radius 3 is 2.83 bits per heavy atom. The van der Waals surface area contributed by atoms with Crippen LogP contribution in [-0.2, 0) is 9.47 Å². The van der Waals surface area contributed by atoms with Gasteiger partial charge in [-0.05, 0) is 38.4 Å². The first-order chi connectivity index (χ1) is 8.74. The predicted molar refractivity (Wildman–Crippen MR) is 77.4 cm³/mol. The minimum absolute atomic E-state index is 0.117. The van der Waals surface area contributed by atoms with Gasteiger partial charge in [-0.3, -0.25) is 0 Å². The van der Waals surface area contributed by atoms with Crippen molar-refractivity contribution in [2.24, 2.45) is 0 Å². The molecule has 1 N–H and O–H groups in total. The Morgan fingerprint density at radius 1 is 1.33 bits per heavy atom. The van der Waals surface area contributed by atoms with E-state index in [0.29, 0.717) is 12.1 Å². The van der Waals surface area contributed by atoms with Gasteiger partial charge in [0.1, 0.15) is 0 Å². The molecule has 2 fully saturated rings. The number of hydrogen-bond donors (Lipinski definition) is 1. The number of thioether (sulfide) groups is 1. The third-order valence-electron chi connectivity index (χ3n) is 3.99. The van der Waals surface area contributed by atoms with E-state index in [4.69, 9.17) is 9.47 Å². The van der Waals surface area contributed by atoms with Gasteiger partial charge in [-0.25, -0.2) is 0 Å². The fourth-order valence-corrected chi connectivity index (χ4v) is 3.69. The van der Waals surface area contributed by atoms with Crippen LogP contribution in [-0.4, -0.2) is 49.0 Å². The second kappa shape index (κ2) is 7.13. The van der Waals surface area contributed by atoms with Crippen molar-refractivity contribution >= 4 is 11.8 Å². The van der Waals surface area contributed by atoms with Crippen molar-refractivity contribution in [1.29, 1.82) is 0 Å². The molecule has 2 saturated heterocycles. The summed E-state index contributed by atoms with van der Waals surface area (Å²) in [4.78, 5) is 0. The molecule has 0 aliphatic carbocycles. The SMILES string of the molecule is CCSCC(C)NC1CCOC2(CCOCC2)C1. The molecule has 2 aliphatic rings. The number of nitrogens with one attached hydrogen (secondary N) is 1. The third kappa shape index (κ3) is 4.12. The molecule has 0 aromatic rings. The fourth-order valence-electron chi connectivity index (χ4n) is 3.01. The summed E-state index contributed by atoms with van der Waals surface area (Å²) in [5.41, 5.74) is 0.117. The molecule has 2 rings (SSSR count). The van der Waals surface area contributed by atoms with Crippen LogP contribution in [0.2, 0.25) is 0 Å². The lowest BCUT2D eigenvalue weighted by Gasteiger charge is -2.44. The average molecular weight is 273 g/mol. The monoisotopic (exact) mass is 273 g/mol. The maximum Gasteiger partial charge on any atom is 0.0741 e. The molecule has 1 spiro atoms. The van der Waals surface area contributed by atoms with Gasteiger partial charge >= 0.3 is 0 Å². The molecule has 3 nitrogen and oxygen atoms in total. The summed E-state index contributed by atoms with van der Waals surface area (Å²) in [7, 11) is 0. The van der Waals surface area contributed by atoms with Gasteiger partial charge in [0.05, 0.1) is 5.60 Å². The lowest BCUT2D eigenvalue weighted by molar-refractivity contribution is -0.140. The molecule has 0 aromatic carbocycles. The summed E-state index contributed by atoms with van der Waals surface area (Å²) in [6.45, 7) is 7.17. The Labute approximate surface area is 115 Å².